The first-order chi connectivity index (χ1) is 12.6. The van der Waals surface area contributed by atoms with Gasteiger partial charge >= 0.3 is 0 Å². The Balaban J connectivity index is 1.48. The molecule has 0 spiro atoms. The van der Waals surface area contributed by atoms with Crippen molar-refractivity contribution in [2.75, 3.05) is 19.3 Å². The Bertz CT molecular complexity index is 844. The van der Waals surface area contributed by atoms with Gasteiger partial charge in [0.1, 0.15) is 0 Å². The smallest absolute Gasteiger partial charge is 0.275 e. The summed E-state index contributed by atoms with van der Waals surface area (Å²) in [6, 6.07) is 19.9. The zero-order valence-electron chi connectivity index (χ0n) is 15.0. The van der Waals surface area contributed by atoms with E-state index in [1.54, 1.807) is 18.0 Å². The molecule has 26 heavy (non-hydrogen) atoms. The number of rotatable bonds is 7. The Morgan fingerprint density at radius 1 is 1.12 bits per heavy atom. The van der Waals surface area contributed by atoms with E-state index in [9.17, 15) is 4.79 Å². The van der Waals surface area contributed by atoms with Crippen molar-refractivity contribution in [3.63, 3.8) is 0 Å². The largest absolute Gasteiger partial charge is 0.355 e. The molecule has 3 rings (SSSR count). The monoisotopic (exact) mass is 366 g/mol. The summed E-state index contributed by atoms with van der Waals surface area (Å²) in [6.45, 7) is 2.77. The minimum atomic E-state index is -0.115. The highest BCUT2D eigenvalue weighted by atomic mass is 32.2. The first-order valence-electron chi connectivity index (χ1n) is 8.60. The van der Waals surface area contributed by atoms with Gasteiger partial charge in [-0.1, -0.05) is 53.2 Å². The molecule has 0 radical (unpaired) electrons. The number of carbonyl (C=O) groups excluding carboxylic acids is 1. The summed E-state index contributed by atoms with van der Waals surface area (Å²) < 4.78 is 5.31. The number of hydrogen-bond donors (Lipinski definition) is 0. The van der Waals surface area contributed by atoms with Gasteiger partial charge in [-0.3, -0.25) is 4.79 Å². The number of hydrogen-bond acceptors (Lipinski definition) is 4. The molecule has 0 saturated heterocycles. The summed E-state index contributed by atoms with van der Waals surface area (Å²) in [7, 11) is 1.80. The average molecular weight is 366 g/mol. The second-order valence-corrected chi connectivity index (χ2v) is 7.35. The fourth-order valence-electron chi connectivity index (χ4n) is 2.54. The first kappa shape index (κ1) is 18.3. The maximum atomic E-state index is 12.5. The maximum Gasteiger partial charge on any atom is 0.275 e. The molecule has 0 N–H and O–H groups in total. The van der Waals surface area contributed by atoms with Gasteiger partial charge in [-0.2, -0.15) is 0 Å². The van der Waals surface area contributed by atoms with E-state index in [0.717, 1.165) is 17.7 Å². The van der Waals surface area contributed by atoms with Gasteiger partial charge in [0, 0.05) is 30.1 Å². The van der Waals surface area contributed by atoms with Crippen LogP contribution in [0.1, 0.15) is 22.5 Å². The van der Waals surface area contributed by atoms with Gasteiger partial charge in [0.25, 0.3) is 5.91 Å². The van der Waals surface area contributed by atoms with E-state index in [2.05, 4.69) is 36.3 Å². The van der Waals surface area contributed by atoms with Crippen molar-refractivity contribution in [1.82, 2.24) is 10.1 Å². The number of aryl methyl sites for hydroxylation is 1. The third-order valence-electron chi connectivity index (χ3n) is 4.06. The van der Waals surface area contributed by atoms with Crippen molar-refractivity contribution in [2.24, 2.45) is 0 Å². The number of thioether (sulfide) groups is 1. The predicted octanol–water partition coefficient (Wildman–Crippen LogP) is 4.90. The zero-order chi connectivity index (χ0) is 18.4. The summed E-state index contributed by atoms with van der Waals surface area (Å²) in [5, 5.41) is 3.93. The summed E-state index contributed by atoms with van der Waals surface area (Å²) >= 11 is 1.81. The van der Waals surface area contributed by atoms with Crippen LogP contribution in [0.15, 0.2) is 70.1 Å². The molecule has 5 heteroatoms. The van der Waals surface area contributed by atoms with Gasteiger partial charge in [0.15, 0.2) is 11.5 Å². The molecule has 1 aromatic heterocycles. The van der Waals surface area contributed by atoms with Crippen LogP contribution in [0.2, 0.25) is 0 Å². The molecule has 0 bridgehead atoms. The lowest BCUT2D eigenvalue weighted by Gasteiger charge is -2.15. The van der Waals surface area contributed by atoms with Crippen molar-refractivity contribution in [1.29, 1.82) is 0 Å². The highest BCUT2D eigenvalue weighted by molar-refractivity contribution is 7.99. The van der Waals surface area contributed by atoms with Gasteiger partial charge in [-0.15, -0.1) is 11.8 Å². The fourth-order valence-corrected chi connectivity index (χ4v) is 3.38. The van der Waals surface area contributed by atoms with Crippen LogP contribution in [0.5, 0.6) is 0 Å². The molecule has 4 nitrogen and oxygen atoms in total. The number of amides is 1. The second-order valence-electron chi connectivity index (χ2n) is 6.18. The third kappa shape index (κ3) is 4.76. The lowest BCUT2D eigenvalue weighted by Crippen LogP contribution is -2.28. The average Bonchev–Trinajstić information content (AvgIpc) is 3.17. The normalized spacial score (nSPS) is 10.7. The fraction of sp³-hybridized carbons (Fsp3) is 0.238. The summed E-state index contributed by atoms with van der Waals surface area (Å²) in [6.07, 6.45) is 0.921. The van der Waals surface area contributed by atoms with Gasteiger partial charge in [-0.05, 0) is 31.2 Å². The van der Waals surface area contributed by atoms with Crippen molar-refractivity contribution in [2.45, 2.75) is 18.2 Å². The molecule has 0 fully saturated rings. The minimum Gasteiger partial charge on any atom is -0.355 e. The quantitative estimate of drug-likeness (QED) is 0.440. The number of aromatic nitrogens is 1. The van der Waals surface area contributed by atoms with E-state index >= 15 is 0 Å². The molecule has 0 aliphatic rings. The number of carbonyl (C=O) groups is 1. The van der Waals surface area contributed by atoms with Gasteiger partial charge < -0.3 is 9.42 Å². The third-order valence-corrected chi connectivity index (χ3v) is 5.16. The van der Waals surface area contributed by atoms with Gasteiger partial charge in [0.2, 0.25) is 0 Å². The molecule has 134 valence electrons. The molecule has 0 atom stereocenters. The molecule has 2 aromatic carbocycles. The second kappa shape index (κ2) is 8.72. The molecular weight excluding hydrogens is 344 g/mol. The molecule has 1 heterocycles. The van der Waals surface area contributed by atoms with Gasteiger partial charge in [0.05, 0.1) is 0 Å². The van der Waals surface area contributed by atoms with E-state index in [1.165, 1.54) is 10.5 Å². The van der Waals surface area contributed by atoms with Crippen LogP contribution in [0.4, 0.5) is 0 Å². The molecule has 0 unspecified atom stereocenters. The first-order valence-corrected chi connectivity index (χ1v) is 9.59. The Hall–Kier alpha value is -2.53. The topological polar surface area (TPSA) is 46.3 Å². The Morgan fingerprint density at radius 3 is 2.58 bits per heavy atom. The Morgan fingerprint density at radius 2 is 1.85 bits per heavy atom. The Labute approximate surface area is 158 Å². The predicted molar refractivity (Wildman–Crippen MR) is 105 cm³/mol. The SMILES string of the molecule is Cc1ccc(SCCCN(C)C(=O)c2cc(-c3ccccc3)on2)cc1. The van der Waals surface area contributed by atoms with E-state index < -0.39 is 0 Å². The summed E-state index contributed by atoms with van der Waals surface area (Å²) in [5.74, 6) is 1.46. The van der Waals surface area contributed by atoms with E-state index in [4.69, 9.17) is 4.52 Å². The highest BCUT2D eigenvalue weighted by Crippen LogP contribution is 2.21. The van der Waals surface area contributed by atoms with Crippen molar-refractivity contribution in [3.8, 4) is 11.3 Å². The van der Waals surface area contributed by atoms with E-state index in [1.807, 2.05) is 42.1 Å². The van der Waals surface area contributed by atoms with Crippen LogP contribution in [-0.4, -0.2) is 35.3 Å². The van der Waals surface area contributed by atoms with Crippen LogP contribution >= 0.6 is 11.8 Å². The van der Waals surface area contributed by atoms with Crippen LogP contribution in [-0.2, 0) is 0 Å². The van der Waals surface area contributed by atoms with Crippen molar-refractivity contribution >= 4 is 17.7 Å². The van der Waals surface area contributed by atoms with Crippen molar-refractivity contribution < 1.29 is 9.32 Å². The van der Waals surface area contributed by atoms with Gasteiger partial charge in [-0.25, -0.2) is 0 Å². The molecule has 0 aliphatic carbocycles. The number of benzene rings is 2. The van der Waals surface area contributed by atoms with E-state index in [0.29, 0.717) is 18.0 Å². The lowest BCUT2D eigenvalue weighted by atomic mass is 10.1. The van der Waals surface area contributed by atoms with Crippen LogP contribution in [0.25, 0.3) is 11.3 Å². The maximum absolute atomic E-state index is 12.5. The molecule has 0 aliphatic heterocycles. The van der Waals surface area contributed by atoms with Crippen LogP contribution < -0.4 is 0 Å². The summed E-state index contributed by atoms with van der Waals surface area (Å²) in [5.41, 5.74) is 2.52. The minimum absolute atomic E-state index is 0.115. The molecular formula is C21H22N2O2S. The molecule has 0 saturated carbocycles. The van der Waals surface area contributed by atoms with Crippen molar-refractivity contribution in [3.05, 3.63) is 71.9 Å². The summed E-state index contributed by atoms with van der Waals surface area (Å²) in [4.78, 5) is 15.4. The standard InChI is InChI=1S/C21H22N2O2S/c1-16-9-11-18(12-10-16)26-14-6-13-23(2)21(24)19-15-20(25-22-19)17-7-4-3-5-8-17/h3-5,7-12,15H,6,13-14H2,1-2H3. The zero-order valence-corrected chi connectivity index (χ0v) is 15.8. The van der Waals surface area contributed by atoms with Crippen LogP contribution in [0, 0.1) is 6.92 Å². The molecule has 1 amide bonds. The number of nitrogens with zero attached hydrogens (tertiary/aromatic N) is 2. The van der Waals surface area contributed by atoms with Crippen LogP contribution in [0.3, 0.4) is 0 Å². The Kier molecular flexibility index (Phi) is 6.12. The highest BCUT2D eigenvalue weighted by Gasteiger charge is 2.17. The lowest BCUT2D eigenvalue weighted by molar-refractivity contribution is 0.0785. The van der Waals surface area contributed by atoms with E-state index in [-0.39, 0.29) is 5.91 Å². The molecule has 3 aromatic rings.